The molecule has 3 rings (SSSR count). The number of fused-ring (bicyclic) bond motifs is 2. The SMILES string of the molecule is Cc1ncc(C2(O)CC3CCCC(C2)N3C(=O)OC(C)(C)C)cn1. The van der Waals surface area contributed by atoms with Gasteiger partial charge in [-0.1, -0.05) is 0 Å². The molecule has 3 heterocycles. The van der Waals surface area contributed by atoms with Gasteiger partial charge in [-0.05, 0) is 47.0 Å². The standard InChI is InChI=1S/C18H27N3O3/c1-12-19-10-13(11-20-12)18(23)8-14-6-5-7-15(9-18)21(14)16(22)24-17(2,3)4/h10-11,14-15,23H,5-9H2,1-4H3. The van der Waals surface area contributed by atoms with Gasteiger partial charge >= 0.3 is 6.09 Å². The number of hydrogen-bond acceptors (Lipinski definition) is 5. The largest absolute Gasteiger partial charge is 0.444 e. The van der Waals surface area contributed by atoms with Gasteiger partial charge in [-0.15, -0.1) is 0 Å². The highest BCUT2D eigenvalue weighted by Gasteiger charge is 2.49. The highest BCUT2D eigenvalue weighted by Crippen LogP contribution is 2.44. The molecule has 1 aromatic heterocycles. The van der Waals surface area contributed by atoms with Crippen LogP contribution in [0.2, 0.25) is 0 Å². The normalized spacial score (nSPS) is 30.1. The Bertz CT molecular complexity index is 595. The average Bonchev–Trinajstić information content (AvgIpc) is 2.44. The minimum Gasteiger partial charge on any atom is -0.444 e. The van der Waals surface area contributed by atoms with Crippen molar-refractivity contribution >= 4 is 6.09 Å². The fraction of sp³-hybridized carbons (Fsp3) is 0.722. The molecule has 0 saturated carbocycles. The quantitative estimate of drug-likeness (QED) is 0.855. The summed E-state index contributed by atoms with van der Waals surface area (Å²) < 4.78 is 5.58. The molecule has 6 heteroatoms. The third kappa shape index (κ3) is 3.38. The maximum Gasteiger partial charge on any atom is 0.410 e. The Labute approximate surface area is 143 Å². The van der Waals surface area contributed by atoms with Crippen molar-refractivity contribution in [1.29, 1.82) is 0 Å². The Morgan fingerprint density at radius 2 is 1.79 bits per heavy atom. The number of rotatable bonds is 1. The van der Waals surface area contributed by atoms with Crippen LogP contribution in [0.25, 0.3) is 0 Å². The second-order valence-corrected chi connectivity index (χ2v) is 8.08. The molecular formula is C18H27N3O3. The topological polar surface area (TPSA) is 75.6 Å². The summed E-state index contributed by atoms with van der Waals surface area (Å²) in [5, 5.41) is 11.2. The van der Waals surface area contributed by atoms with E-state index in [1.807, 2.05) is 32.6 Å². The van der Waals surface area contributed by atoms with Gasteiger partial charge in [0.1, 0.15) is 11.4 Å². The number of hydrogen-bond donors (Lipinski definition) is 1. The Balaban J connectivity index is 1.82. The summed E-state index contributed by atoms with van der Waals surface area (Å²) in [4.78, 5) is 22.9. The third-order valence-electron chi connectivity index (χ3n) is 4.93. The summed E-state index contributed by atoms with van der Waals surface area (Å²) in [5.74, 6) is 0.689. The minimum atomic E-state index is -0.970. The first kappa shape index (κ1) is 17.1. The molecule has 0 aliphatic carbocycles. The van der Waals surface area contributed by atoms with Gasteiger partial charge in [-0.3, -0.25) is 0 Å². The number of ether oxygens (including phenoxy) is 1. The lowest BCUT2D eigenvalue weighted by Crippen LogP contribution is -2.59. The molecule has 2 aliphatic heterocycles. The molecule has 2 atom stereocenters. The van der Waals surface area contributed by atoms with Gasteiger partial charge < -0.3 is 14.7 Å². The van der Waals surface area contributed by atoms with Crippen molar-refractivity contribution in [3.05, 3.63) is 23.8 Å². The molecule has 6 nitrogen and oxygen atoms in total. The number of aromatic nitrogens is 2. The molecule has 2 aliphatic rings. The van der Waals surface area contributed by atoms with E-state index >= 15 is 0 Å². The van der Waals surface area contributed by atoms with Gasteiger partial charge in [0.25, 0.3) is 0 Å². The van der Waals surface area contributed by atoms with E-state index in [0.717, 1.165) is 24.8 Å². The predicted octanol–water partition coefficient (Wildman–Crippen LogP) is 2.92. The van der Waals surface area contributed by atoms with Crippen LogP contribution in [0.1, 0.15) is 64.3 Å². The van der Waals surface area contributed by atoms with Crippen LogP contribution in [0.15, 0.2) is 12.4 Å². The maximum absolute atomic E-state index is 12.6. The van der Waals surface area contributed by atoms with Crippen LogP contribution < -0.4 is 0 Å². The van der Waals surface area contributed by atoms with Crippen LogP contribution in [-0.2, 0) is 10.3 Å². The van der Waals surface area contributed by atoms with Crippen LogP contribution >= 0.6 is 0 Å². The second kappa shape index (κ2) is 5.99. The molecule has 0 radical (unpaired) electrons. The van der Waals surface area contributed by atoms with E-state index in [1.165, 1.54) is 0 Å². The zero-order valence-corrected chi connectivity index (χ0v) is 15.0. The van der Waals surface area contributed by atoms with E-state index in [4.69, 9.17) is 4.74 Å². The van der Waals surface area contributed by atoms with Gasteiger partial charge in [0.15, 0.2) is 0 Å². The van der Waals surface area contributed by atoms with E-state index in [1.54, 1.807) is 12.4 Å². The molecule has 24 heavy (non-hydrogen) atoms. The van der Waals surface area contributed by atoms with E-state index in [0.29, 0.717) is 18.7 Å². The second-order valence-electron chi connectivity index (χ2n) is 8.08. The molecule has 0 spiro atoms. The number of piperidine rings is 2. The Hall–Kier alpha value is -1.69. The molecule has 1 amide bonds. The smallest absolute Gasteiger partial charge is 0.410 e. The number of carbonyl (C=O) groups excluding carboxylic acids is 1. The van der Waals surface area contributed by atoms with E-state index in [9.17, 15) is 9.90 Å². The molecule has 2 fully saturated rings. The lowest BCUT2D eigenvalue weighted by atomic mass is 9.73. The van der Waals surface area contributed by atoms with Crippen LogP contribution in [-0.4, -0.2) is 43.8 Å². The molecule has 2 bridgehead atoms. The van der Waals surface area contributed by atoms with Crippen LogP contribution in [0.4, 0.5) is 4.79 Å². The zero-order valence-electron chi connectivity index (χ0n) is 15.0. The molecule has 1 N–H and O–H groups in total. The Morgan fingerprint density at radius 1 is 1.25 bits per heavy atom. The van der Waals surface area contributed by atoms with Crippen molar-refractivity contribution in [2.45, 2.75) is 83.1 Å². The highest BCUT2D eigenvalue weighted by atomic mass is 16.6. The summed E-state index contributed by atoms with van der Waals surface area (Å²) in [5.41, 5.74) is -0.736. The molecule has 2 saturated heterocycles. The fourth-order valence-electron chi connectivity index (χ4n) is 3.91. The van der Waals surface area contributed by atoms with Crippen molar-refractivity contribution in [3.63, 3.8) is 0 Å². The van der Waals surface area contributed by atoms with Gasteiger partial charge in [-0.25, -0.2) is 14.8 Å². The van der Waals surface area contributed by atoms with Crippen molar-refractivity contribution in [1.82, 2.24) is 14.9 Å². The van der Waals surface area contributed by atoms with Crippen molar-refractivity contribution in [2.75, 3.05) is 0 Å². The predicted molar refractivity (Wildman–Crippen MR) is 89.4 cm³/mol. The first-order valence-corrected chi connectivity index (χ1v) is 8.71. The summed E-state index contributed by atoms with van der Waals surface area (Å²) in [6.45, 7) is 7.47. The molecule has 0 aromatic carbocycles. The maximum atomic E-state index is 12.6. The molecular weight excluding hydrogens is 306 g/mol. The number of carbonyl (C=O) groups is 1. The summed E-state index contributed by atoms with van der Waals surface area (Å²) in [6.07, 6.45) is 7.04. The Kier molecular flexibility index (Phi) is 4.28. The summed E-state index contributed by atoms with van der Waals surface area (Å²) in [7, 11) is 0. The van der Waals surface area contributed by atoms with Gasteiger partial charge in [-0.2, -0.15) is 0 Å². The fourth-order valence-corrected chi connectivity index (χ4v) is 3.91. The minimum absolute atomic E-state index is 0.00125. The average molecular weight is 333 g/mol. The van der Waals surface area contributed by atoms with E-state index in [-0.39, 0.29) is 18.2 Å². The molecule has 2 unspecified atom stereocenters. The van der Waals surface area contributed by atoms with Crippen molar-refractivity contribution in [3.8, 4) is 0 Å². The lowest BCUT2D eigenvalue weighted by molar-refractivity contribution is -0.0968. The van der Waals surface area contributed by atoms with Gasteiger partial charge in [0.2, 0.25) is 0 Å². The van der Waals surface area contributed by atoms with E-state index in [2.05, 4.69) is 9.97 Å². The number of nitrogens with zero attached hydrogens (tertiary/aromatic N) is 3. The molecule has 1 aromatic rings. The van der Waals surface area contributed by atoms with Gasteiger partial charge in [0.05, 0.1) is 5.60 Å². The first-order chi connectivity index (χ1) is 11.2. The van der Waals surface area contributed by atoms with Crippen molar-refractivity contribution < 1.29 is 14.6 Å². The number of aliphatic hydroxyl groups is 1. The van der Waals surface area contributed by atoms with Crippen LogP contribution in [0.5, 0.6) is 0 Å². The summed E-state index contributed by atoms with van der Waals surface area (Å²) >= 11 is 0. The van der Waals surface area contributed by atoms with Crippen LogP contribution in [0.3, 0.4) is 0 Å². The van der Waals surface area contributed by atoms with E-state index < -0.39 is 11.2 Å². The Morgan fingerprint density at radius 3 is 2.29 bits per heavy atom. The number of aryl methyl sites for hydroxylation is 1. The highest BCUT2D eigenvalue weighted by molar-refractivity contribution is 5.69. The summed E-state index contributed by atoms with van der Waals surface area (Å²) in [6, 6.07) is -0.00249. The lowest BCUT2D eigenvalue weighted by Gasteiger charge is -2.51. The van der Waals surface area contributed by atoms with Crippen LogP contribution in [0, 0.1) is 6.92 Å². The van der Waals surface area contributed by atoms with Crippen molar-refractivity contribution in [2.24, 2.45) is 0 Å². The van der Waals surface area contributed by atoms with Gasteiger partial charge in [0, 0.05) is 42.9 Å². The number of amides is 1. The zero-order chi connectivity index (χ0) is 17.5. The molecule has 132 valence electrons. The first-order valence-electron chi connectivity index (χ1n) is 8.71. The monoisotopic (exact) mass is 333 g/mol. The third-order valence-corrected chi connectivity index (χ3v) is 4.93.